The van der Waals surface area contributed by atoms with Gasteiger partial charge in [0.05, 0.1) is 31.7 Å². The lowest BCUT2D eigenvalue weighted by Crippen LogP contribution is -2.53. The van der Waals surface area contributed by atoms with Crippen LogP contribution in [0, 0.1) is 5.92 Å². The fourth-order valence-corrected chi connectivity index (χ4v) is 10.3. The van der Waals surface area contributed by atoms with Crippen LogP contribution in [0.3, 0.4) is 0 Å². The molecule has 4 bridgehead atoms. The first kappa shape index (κ1) is 48.6. The molecule has 3 aliphatic rings. The number of rotatable bonds is 13. The zero-order valence-electron chi connectivity index (χ0n) is 36.1. The number of esters is 2. The summed E-state index contributed by atoms with van der Waals surface area (Å²) in [6.07, 6.45) is 3.30. The highest BCUT2D eigenvalue weighted by Gasteiger charge is 2.64. The molecule has 328 valence electrons. The minimum Gasteiger partial charge on any atom is -0.495 e. The van der Waals surface area contributed by atoms with Gasteiger partial charge in [-0.25, -0.2) is 4.79 Å². The first-order chi connectivity index (χ1) is 27.6. The summed E-state index contributed by atoms with van der Waals surface area (Å²) in [5.41, 5.74) is -0.662. The Labute approximate surface area is 361 Å². The van der Waals surface area contributed by atoms with Crippen molar-refractivity contribution in [2.24, 2.45) is 5.92 Å². The van der Waals surface area contributed by atoms with Crippen LogP contribution in [0.15, 0.2) is 35.9 Å². The van der Waals surface area contributed by atoms with E-state index in [4.69, 9.17) is 35.3 Å². The fourth-order valence-electron chi connectivity index (χ4n) is 7.54. The molecule has 0 radical (unpaired) electrons. The Morgan fingerprint density at radius 1 is 1.14 bits per heavy atom. The van der Waals surface area contributed by atoms with E-state index in [9.17, 15) is 29.1 Å². The number of benzene rings is 1. The number of ether oxygens (including phenoxy) is 5. The average molecular weight is 882 g/mol. The Bertz CT molecular complexity index is 1790. The Morgan fingerprint density at radius 3 is 2.46 bits per heavy atom. The van der Waals surface area contributed by atoms with E-state index in [-0.39, 0.29) is 52.9 Å². The summed E-state index contributed by atoms with van der Waals surface area (Å²) in [7, 11) is 9.28. The van der Waals surface area contributed by atoms with Gasteiger partial charge in [0.15, 0.2) is 0 Å². The number of anilines is 1. The second kappa shape index (κ2) is 20.7. The molecule has 2 amide bonds. The van der Waals surface area contributed by atoms with Crippen LogP contribution in [0.2, 0.25) is 5.02 Å². The molecule has 1 aromatic carbocycles. The molecule has 3 aliphatic heterocycles. The van der Waals surface area contributed by atoms with E-state index in [0.29, 0.717) is 24.3 Å². The van der Waals surface area contributed by atoms with Gasteiger partial charge in [0.25, 0.3) is 0 Å². The van der Waals surface area contributed by atoms with Gasteiger partial charge >= 0.3 is 11.9 Å². The van der Waals surface area contributed by atoms with Crippen LogP contribution < -0.4 is 9.64 Å². The van der Waals surface area contributed by atoms with Crippen LogP contribution in [-0.2, 0) is 49.3 Å². The molecule has 10 atom stereocenters. The van der Waals surface area contributed by atoms with Gasteiger partial charge < -0.3 is 43.4 Å². The molecule has 59 heavy (non-hydrogen) atoms. The molecule has 1 aromatic rings. The van der Waals surface area contributed by atoms with Gasteiger partial charge in [0.1, 0.15) is 52.1 Å². The molecule has 4 rings (SSSR count). The van der Waals surface area contributed by atoms with Crippen molar-refractivity contribution in [3.63, 3.8) is 0 Å². The van der Waals surface area contributed by atoms with Gasteiger partial charge in [-0.1, -0.05) is 77.8 Å². The Balaban J connectivity index is 1.64. The molecule has 16 heteroatoms. The van der Waals surface area contributed by atoms with Gasteiger partial charge in [-0.2, -0.15) is 0 Å². The number of fused-ring (bicyclic) bond motifs is 5. The van der Waals surface area contributed by atoms with Crippen molar-refractivity contribution in [1.82, 2.24) is 4.90 Å². The van der Waals surface area contributed by atoms with Crippen LogP contribution in [-0.4, -0.2) is 120 Å². The zero-order valence-corrected chi connectivity index (χ0v) is 38.5. The predicted octanol–water partition coefficient (Wildman–Crippen LogP) is 6.68. The molecule has 3 heterocycles. The Kier molecular flexibility index (Phi) is 17.0. The number of epoxide rings is 1. The van der Waals surface area contributed by atoms with Crippen molar-refractivity contribution >= 4 is 68.4 Å². The highest BCUT2D eigenvalue weighted by molar-refractivity contribution is 8.77. The van der Waals surface area contributed by atoms with Crippen LogP contribution in [0.1, 0.15) is 92.6 Å². The number of nitrogens with zero attached hydrogens (tertiary/aromatic N) is 2. The van der Waals surface area contributed by atoms with E-state index in [1.165, 1.54) is 24.0 Å². The second-order valence-electron chi connectivity index (χ2n) is 16.5. The van der Waals surface area contributed by atoms with Crippen LogP contribution in [0.25, 0.3) is 0 Å². The number of likely N-dealkylation sites (N-methyl/N-ethyl adjacent to an activating group) is 1. The van der Waals surface area contributed by atoms with Crippen molar-refractivity contribution in [3.8, 4) is 5.75 Å². The minimum absolute atomic E-state index is 0.0497. The quantitative estimate of drug-likeness (QED) is 0.127. The molecule has 2 saturated heterocycles. The number of methoxy groups -OCH3 is 2. The van der Waals surface area contributed by atoms with Crippen molar-refractivity contribution in [2.45, 2.75) is 146 Å². The highest BCUT2D eigenvalue weighted by Crippen LogP contribution is 2.50. The molecular formula is C43H61ClN2O11S2. The predicted molar refractivity (Wildman–Crippen MR) is 231 cm³/mol. The first-order valence-electron chi connectivity index (χ1n) is 20.0. The zero-order chi connectivity index (χ0) is 44.0. The smallest absolute Gasteiger partial charge is 0.328 e. The van der Waals surface area contributed by atoms with Crippen molar-refractivity contribution in [3.05, 3.63) is 46.5 Å². The molecule has 2 unspecified atom stereocenters. The number of Topliss-reactive ketones (excluding diaryl/α,β-unsaturated/α-hetero) is 1. The summed E-state index contributed by atoms with van der Waals surface area (Å²) in [6, 6.07) is 2.59. The fraction of sp³-hybridized carbons (Fsp3) is 0.651. The van der Waals surface area contributed by atoms with Crippen molar-refractivity contribution in [1.29, 1.82) is 0 Å². The summed E-state index contributed by atoms with van der Waals surface area (Å²) in [5, 5.41) is 12.3. The molecule has 0 aromatic heterocycles. The van der Waals surface area contributed by atoms with Crippen LogP contribution in [0.5, 0.6) is 5.75 Å². The standard InChI is InChI=1S/C43H61ClN2O11S2/c1-24-13-12-14-34(54-11)43(52)22-33(55-38(50)23-43)28(5)40-42(7,57-40)35(21-37(49)46(9)31-19-30(17-24)20-32(53-10)39(31)44)56-41(51)29(6)45(8)36(48)18-27(4)59-58-26(3)16-15-25(2)47/h12-14,19-20,26-29,33-35,40,52H,15-18,21-23H2,1-11H3/b14-12+,24-13+/t26?,27?,28-,29+,33+,34-,35+,40+,42+,43-/m0/s1. The number of halogens is 1. The normalized spacial score (nSPS) is 30.4. The highest BCUT2D eigenvalue weighted by atomic mass is 35.5. The van der Waals surface area contributed by atoms with E-state index in [0.717, 1.165) is 17.6 Å². The lowest BCUT2D eigenvalue weighted by molar-refractivity contribution is -0.187. The van der Waals surface area contributed by atoms with E-state index < -0.39 is 65.4 Å². The third-order valence-corrected chi connectivity index (χ3v) is 15.4. The van der Waals surface area contributed by atoms with E-state index in [1.54, 1.807) is 80.7 Å². The van der Waals surface area contributed by atoms with E-state index in [1.807, 2.05) is 33.8 Å². The number of aliphatic hydroxyl groups is 1. The number of hydrogen-bond donors (Lipinski definition) is 1. The average Bonchev–Trinajstić information content (AvgIpc) is 3.88. The van der Waals surface area contributed by atoms with Crippen LogP contribution >= 0.6 is 33.2 Å². The summed E-state index contributed by atoms with van der Waals surface area (Å²) < 4.78 is 29.6. The molecular weight excluding hydrogens is 820 g/mol. The SMILES string of the molecule is COc1cc2cc(c1Cl)N(C)C(=O)C[C@@H](OC(=O)[C@@H](C)N(C)C(=O)CC(C)SSC(C)CCC(C)=O)[C@@]1(C)O[C@@H]1[C@@H](C)[C@H]1C[C@](O)(CC(=O)O1)[C@@H](OC)/C=C/C=C(\C)C2. The Morgan fingerprint density at radius 2 is 1.81 bits per heavy atom. The third-order valence-electron chi connectivity index (χ3n) is 11.5. The summed E-state index contributed by atoms with van der Waals surface area (Å²) in [5.74, 6) is -2.00. The summed E-state index contributed by atoms with van der Waals surface area (Å²) >= 11 is 6.80. The maximum atomic E-state index is 14.3. The molecule has 0 aliphatic carbocycles. The van der Waals surface area contributed by atoms with Crippen LogP contribution in [0.4, 0.5) is 5.69 Å². The number of allylic oxidation sites excluding steroid dienone is 3. The number of ketones is 1. The van der Waals surface area contributed by atoms with Gasteiger partial charge in [0.2, 0.25) is 11.8 Å². The molecule has 0 spiro atoms. The first-order valence-corrected chi connectivity index (χ1v) is 22.7. The third kappa shape index (κ3) is 12.3. The van der Waals surface area contributed by atoms with Crippen molar-refractivity contribution in [2.75, 3.05) is 33.2 Å². The molecule has 2 fully saturated rings. The second-order valence-corrected chi connectivity index (χ2v) is 20.0. The number of hydrogen-bond acceptors (Lipinski definition) is 13. The van der Waals surface area contributed by atoms with Gasteiger partial charge in [-0.05, 0) is 58.2 Å². The summed E-state index contributed by atoms with van der Waals surface area (Å²) in [4.78, 5) is 68.8. The lowest BCUT2D eigenvalue weighted by atomic mass is 9.78. The maximum absolute atomic E-state index is 14.3. The summed E-state index contributed by atoms with van der Waals surface area (Å²) in [6.45, 7) is 12.6. The largest absolute Gasteiger partial charge is 0.495 e. The number of carbonyl (C=O) groups is 5. The monoisotopic (exact) mass is 880 g/mol. The minimum atomic E-state index is -1.59. The van der Waals surface area contributed by atoms with Gasteiger partial charge in [0, 0.05) is 56.9 Å². The number of carbonyl (C=O) groups excluding carboxylic acids is 5. The van der Waals surface area contributed by atoms with E-state index >= 15 is 0 Å². The molecule has 1 N–H and O–H groups in total. The van der Waals surface area contributed by atoms with Crippen molar-refractivity contribution < 1.29 is 52.8 Å². The topological polar surface area (TPSA) is 162 Å². The Hall–Kier alpha value is -3.08. The lowest BCUT2D eigenvalue weighted by Gasteiger charge is -2.41. The molecule has 13 nitrogen and oxygen atoms in total. The molecule has 0 saturated carbocycles. The number of amides is 2. The maximum Gasteiger partial charge on any atom is 0.328 e. The van der Waals surface area contributed by atoms with Gasteiger partial charge in [-0.3, -0.25) is 14.4 Å². The van der Waals surface area contributed by atoms with Gasteiger partial charge in [-0.15, -0.1) is 0 Å². The van der Waals surface area contributed by atoms with E-state index in [2.05, 4.69) is 0 Å².